The summed E-state index contributed by atoms with van der Waals surface area (Å²) in [7, 11) is 0. The van der Waals surface area contributed by atoms with Crippen molar-refractivity contribution in [3.63, 3.8) is 0 Å². The Bertz CT molecular complexity index is 294. The van der Waals surface area contributed by atoms with Crippen LogP contribution in [0.25, 0.3) is 0 Å². The van der Waals surface area contributed by atoms with Crippen molar-refractivity contribution in [1.82, 2.24) is 10.2 Å². The minimum Gasteiger partial charge on any atom is -0.481 e. The van der Waals surface area contributed by atoms with Crippen molar-refractivity contribution in [2.24, 2.45) is 5.92 Å². The largest absolute Gasteiger partial charge is 0.481 e. The summed E-state index contributed by atoms with van der Waals surface area (Å²) >= 11 is 0. The number of hydrogen-bond acceptors (Lipinski definition) is 3. The zero-order chi connectivity index (χ0) is 12.3. The molecule has 0 spiro atoms. The third kappa shape index (κ3) is 3.19. The molecular weight excluding hydrogens is 220 g/mol. The van der Waals surface area contributed by atoms with Crippen molar-refractivity contribution in [3.05, 3.63) is 0 Å². The van der Waals surface area contributed by atoms with Crippen molar-refractivity contribution in [3.8, 4) is 0 Å². The van der Waals surface area contributed by atoms with E-state index in [0.717, 1.165) is 45.2 Å². The predicted octanol–water partition coefficient (Wildman–Crippen LogP) is 0.452. The Morgan fingerprint density at radius 3 is 2.29 bits per heavy atom. The number of hydrogen-bond donors (Lipinski definition) is 2. The Labute approximate surface area is 101 Å². The monoisotopic (exact) mass is 240 g/mol. The summed E-state index contributed by atoms with van der Waals surface area (Å²) in [6.45, 7) is 2.20. The lowest BCUT2D eigenvalue weighted by Crippen LogP contribution is -2.48. The molecule has 2 N–H and O–H groups in total. The number of carbonyl (C=O) groups excluding carboxylic acids is 1. The van der Waals surface area contributed by atoms with Crippen LogP contribution in [-0.2, 0) is 9.59 Å². The maximum absolute atomic E-state index is 11.6. The van der Waals surface area contributed by atoms with E-state index in [2.05, 4.69) is 5.32 Å². The van der Waals surface area contributed by atoms with E-state index in [9.17, 15) is 9.59 Å². The van der Waals surface area contributed by atoms with E-state index in [1.165, 1.54) is 0 Å². The minimum absolute atomic E-state index is 0.177. The summed E-state index contributed by atoms with van der Waals surface area (Å²) in [6, 6.07) is 0.316. The number of rotatable bonds is 4. The maximum Gasteiger partial charge on any atom is 0.306 e. The standard InChI is InChI=1S/C12H20N2O3/c15-11(14-6-1-7-14)8-13-10-4-2-9(3-5-10)12(16)17/h9-10,13H,1-8H2,(H,16,17). The molecule has 5 heteroatoms. The highest BCUT2D eigenvalue weighted by Crippen LogP contribution is 2.24. The topological polar surface area (TPSA) is 69.6 Å². The van der Waals surface area contributed by atoms with Gasteiger partial charge in [0.1, 0.15) is 0 Å². The van der Waals surface area contributed by atoms with E-state index in [0.29, 0.717) is 12.6 Å². The average molecular weight is 240 g/mol. The molecule has 0 aromatic heterocycles. The van der Waals surface area contributed by atoms with Crippen molar-refractivity contribution < 1.29 is 14.7 Å². The number of aliphatic carboxylic acids is 1. The molecule has 2 fully saturated rings. The molecule has 0 aromatic rings. The third-order valence-corrected chi connectivity index (χ3v) is 3.83. The van der Waals surface area contributed by atoms with Gasteiger partial charge in [0.25, 0.3) is 0 Å². The minimum atomic E-state index is -0.680. The molecule has 1 heterocycles. The number of nitrogens with one attached hydrogen (secondary N) is 1. The molecule has 1 amide bonds. The van der Waals surface area contributed by atoms with Crippen LogP contribution in [0.15, 0.2) is 0 Å². The molecule has 0 bridgehead atoms. The number of carboxylic acid groups (broad SMARTS) is 1. The molecule has 1 aliphatic carbocycles. The van der Waals surface area contributed by atoms with Crippen molar-refractivity contribution in [2.45, 2.75) is 38.1 Å². The molecule has 2 rings (SSSR count). The van der Waals surface area contributed by atoms with Crippen LogP contribution in [-0.4, -0.2) is 47.6 Å². The van der Waals surface area contributed by atoms with Gasteiger partial charge < -0.3 is 15.3 Å². The number of carbonyl (C=O) groups is 2. The molecule has 0 unspecified atom stereocenters. The van der Waals surface area contributed by atoms with Crippen LogP contribution in [0, 0.1) is 5.92 Å². The van der Waals surface area contributed by atoms with E-state index < -0.39 is 5.97 Å². The molecule has 1 saturated heterocycles. The molecule has 0 aromatic carbocycles. The fraction of sp³-hybridized carbons (Fsp3) is 0.833. The molecular formula is C12H20N2O3. The summed E-state index contributed by atoms with van der Waals surface area (Å²) in [5, 5.41) is 12.1. The first kappa shape index (κ1) is 12.4. The summed E-state index contributed by atoms with van der Waals surface area (Å²) < 4.78 is 0. The first-order valence-corrected chi connectivity index (χ1v) is 6.41. The Kier molecular flexibility index (Phi) is 3.99. The van der Waals surface area contributed by atoms with Crippen molar-refractivity contribution >= 4 is 11.9 Å². The van der Waals surface area contributed by atoms with E-state index in [1.807, 2.05) is 4.90 Å². The second kappa shape index (κ2) is 5.49. The number of amides is 1. The van der Waals surface area contributed by atoms with Crippen LogP contribution in [0.1, 0.15) is 32.1 Å². The summed E-state index contributed by atoms with van der Waals surface area (Å²) in [4.78, 5) is 24.2. The van der Waals surface area contributed by atoms with Crippen LogP contribution in [0.3, 0.4) is 0 Å². The molecule has 1 aliphatic heterocycles. The number of nitrogens with zero attached hydrogens (tertiary/aromatic N) is 1. The smallest absolute Gasteiger partial charge is 0.306 e. The van der Waals surface area contributed by atoms with Crippen molar-refractivity contribution in [1.29, 1.82) is 0 Å². The Hall–Kier alpha value is -1.10. The Balaban J connectivity index is 1.64. The van der Waals surface area contributed by atoms with Gasteiger partial charge in [0.2, 0.25) is 5.91 Å². The molecule has 96 valence electrons. The molecule has 1 saturated carbocycles. The average Bonchev–Trinajstić information content (AvgIpc) is 2.24. The van der Waals surface area contributed by atoms with Crippen LogP contribution < -0.4 is 5.32 Å². The highest BCUT2D eigenvalue weighted by atomic mass is 16.4. The van der Waals surface area contributed by atoms with E-state index >= 15 is 0 Å². The lowest BCUT2D eigenvalue weighted by molar-refractivity contribution is -0.143. The summed E-state index contributed by atoms with van der Waals surface area (Å²) in [5.74, 6) is -0.684. The molecule has 0 atom stereocenters. The number of likely N-dealkylation sites (tertiary alicyclic amines) is 1. The fourth-order valence-electron chi connectivity index (χ4n) is 2.45. The van der Waals surface area contributed by atoms with Gasteiger partial charge in [-0.15, -0.1) is 0 Å². The van der Waals surface area contributed by atoms with Gasteiger partial charge in [0.15, 0.2) is 0 Å². The normalized spacial score (nSPS) is 28.6. The fourth-order valence-corrected chi connectivity index (χ4v) is 2.45. The third-order valence-electron chi connectivity index (χ3n) is 3.83. The summed E-state index contributed by atoms with van der Waals surface area (Å²) in [5.41, 5.74) is 0. The van der Waals surface area contributed by atoms with Gasteiger partial charge in [-0.25, -0.2) is 0 Å². The highest BCUT2D eigenvalue weighted by molar-refractivity contribution is 5.78. The van der Waals surface area contributed by atoms with Crippen LogP contribution in [0.4, 0.5) is 0 Å². The Morgan fingerprint density at radius 2 is 1.82 bits per heavy atom. The van der Waals surface area contributed by atoms with Crippen LogP contribution in [0.2, 0.25) is 0 Å². The Morgan fingerprint density at radius 1 is 1.18 bits per heavy atom. The van der Waals surface area contributed by atoms with Crippen LogP contribution in [0.5, 0.6) is 0 Å². The van der Waals surface area contributed by atoms with Gasteiger partial charge in [0, 0.05) is 19.1 Å². The van der Waals surface area contributed by atoms with Crippen LogP contribution >= 0.6 is 0 Å². The molecule has 17 heavy (non-hydrogen) atoms. The molecule has 5 nitrogen and oxygen atoms in total. The number of carboxylic acids is 1. The predicted molar refractivity (Wildman–Crippen MR) is 62.6 cm³/mol. The quantitative estimate of drug-likeness (QED) is 0.748. The van der Waals surface area contributed by atoms with Gasteiger partial charge in [-0.2, -0.15) is 0 Å². The lowest BCUT2D eigenvalue weighted by atomic mass is 9.86. The lowest BCUT2D eigenvalue weighted by Gasteiger charge is -2.32. The zero-order valence-corrected chi connectivity index (χ0v) is 10.0. The maximum atomic E-state index is 11.6. The zero-order valence-electron chi connectivity index (χ0n) is 10.0. The summed E-state index contributed by atoms with van der Waals surface area (Å²) in [6.07, 6.45) is 4.31. The van der Waals surface area contributed by atoms with Gasteiger partial charge >= 0.3 is 5.97 Å². The van der Waals surface area contributed by atoms with Gasteiger partial charge in [-0.1, -0.05) is 0 Å². The van der Waals surface area contributed by atoms with Crippen molar-refractivity contribution in [2.75, 3.05) is 19.6 Å². The molecule has 0 radical (unpaired) electrons. The first-order chi connectivity index (χ1) is 8.16. The second-order valence-electron chi connectivity index (χ2n) is 5.00. The van der Waals surface area contributed by atoms with E-state index in [-0.39, 0.29) is 11.8 Å². The van der Waals surface area contributed by atoms with Gasteiger partial charge in [-0.05, 0) is 32.1 Å². The van der Waals surface area contributed by atoms with Gasteiger partial charge in [-0.3, -0.25) is 9.59 Å². The SMILES string of the molecule is O=C(O)C1CCC(NCC(=O)N2CCC2)CC1. The van der Waals surface area contributed by atoms with E-state index in [4.69, 9.17) is 5.11 Å². The first-order valence-electron chi connectivity index (χ1n) is 6.41. The molecule has 2 aliphatic rings. The second-order valence-corrected chi connectivity index (χ2v) is 5.00. The van der Waals surface area contributed by atoms with E-state index in [1.54, 1.807) is 0 Å². The highest BCUT2D eigenvalue weighted by Gasteiger charge is 2.26. The van der Waals surface area contributed by atoms with Gasteiger partial charge in [0.05, 0.1) is 12.5 Å².